The summed E-state index contributed by atoms with van der Waals surface area (Å²) >= 11 is 0. The molecule has 1 amide bonds. The van der Waals surface area contributed by atoms with Gasteiger partial charge in [0.1, 0.15) is 0 Å². The molecule has 0 atom stereocenters. The summed E-state index contributed by atoms with van der Waals surface area (Å²) in [4.78, 5) is 11.3. The fourth-order valence-corrected chi connectivity index (χ4v) is 2.23. The number of allylic oxidation sites excluding steroid dienone is 8. The van der Waals surface area contributed by atoms with Gasteiger partial charge in [0.05, 0.1) is 6.61 Å². The van der Waals surface area contributed by atoms with E-state index in [1.54, 1.807) is 0 Å². The highest BCUT2D eigenvalue weighted by Crippen LogP contribution is 2.01. The zero-order chi connectivity index (χ0) is 18.4. The van der Waals surface area contributed by atoms with Crippen LogP contribution in [0.4, 0.5) is 0 Å². The van der Waals surface area contributed by atoms with Crippen molar-refractivity contribution in [2.45, 2.75) is 71.1 Å². The van der Waals surface area contributed by atoms with Crippen LogP contribution >= 0.6 is 0 Å². The van der Waals surface area contributed by atoms with Crippen molar-refractivity contribution in [2.75, 3.05) is 13.2 Å². The number of nitrogens with one attached hydrogen (secondary N) is 1. The molecule has 0 rings (SSSR count). The van der Waals surface area contributed by atoms with Crippen molar-refractivity contribution in [3.8, 4) is 0 Å². The van der Waals surface area contributed by atoms with Crippen LogP contribution in [-0.4, -0.2) is 24.2 Å². The second-order valence-corrected chi connectivity index (χ2v) is 6.05. The molecule has 3 nitrogen and oxygen atoms in total. The lowest BCUT2D eigenvalue weighted by Gasteiger charge is -2.00. The zero-order valence-corrected chi connectivity index (χ0v) is 16.0. The molecule has 0 aliphatic heterocycles. The smallest absolute Gasteiger partial charge is 0.220 e. The lowest BCUT2D eigenvalue weighted by molar-refractivity contribution is -0.121. The van der Waals surface area contributed by atoms with Gasteiger partial charge in [0, 0.05) is 13.0 Å². The van der Waals surface area contributed by atoms with E-state index in [0.717, 1.165) is 32.1 Å². The third-order valence-corrected chi connectivity index (χ3v) is 3.67. The molecule has 142 valence electrons. The Bertz CT molecular complexity index is 408. The van der Waals surface area contributed by atoms with Gasteiger partial charge >= 0.3 is 0 Å². The number of aliphatic hydroxyl groups is 1. The Kier molecular flexibility index (Phi) is 19.1. The van der Waals surface area contributed by atoms with Gasteiger partial charge in [0.2, 0.25) is 5.91 Å². The quantitative estimate of drug-likeness (QED) is 0.296. The molecule has 0 aromatic heterocycles. The third kappa shape index (κ3) is 20.3. The summed E-state index contributed by atoms with van der Waals surface area (Å²) in [5.74, 6) is 0.0185. The first-order chi connectivity index (χ1) is 12.3. The first kappa shape index (κ1) is 23.4. The number of unbranched alkanes of at least 4 members (excludes halogenated alkanes) is 4. The number of hydrogen-bond acceptors (Lipinski definition) is 2. The summed E-state index contributed by atoms with van der Waals surface area (Å²) in [5.41, 5.74) is 0. The van der Waals surface area contributed by atoms with E-state index in [0.29, 0.717) is 13.0 Å². The van der Waals surface area contributed by atoms with Crippen LogP contribution in [0.2, 0.25) is 0 Å². The number of carbonyl (C=O) groups is 1. The highest BCUT2D eigenvalue weighted by molar-refractivity contribution is 5.75. The first-order valence-corrected chi connectivity index (χ1v) is 9.78. The van der Waals surface area contributed by atoms with E-state index in [1.165, 1.54) is 25.7 Å². The van der Waals surface area contributed by atoms with Crippen LogP contribution in [0.25, 0.3) is 0 Å². The topological polar surface area (TPSA) is 49.3 Å². The standard InChI is InChI=1S/C22H37NO2/c1-2-3-4-5-6-7-8-9-10-11-12-13-14-15-16-17-18-19-22(25)23-20-21-24/h6-7,9-10,12-13,15-16,24H,2-5,8,11,14,17-21H2,1H3,(H,23,25). The Labute approximate surface area is 154 Å². The number of hydrogen-bond donors (Lipinski definition) is 2. The van der Waals surface area contributed by atoms with Gasteiger partial charge in [-0.3, -0.25) is 4.79 Å². The minimum atomic E-state index is 0.00289. The van der Waals surface area contributed by atoms with Gasteiger partial charge in [0.25, 0.3) is 0 Å². The number of amides is 1. The molecule has 0 aromatic carbocycles. The van der Waals surface area contributed by atoms with E-state index in [2.05, 4.69) is 60.8 Å². The SMILES string of the molecule is CCCCCC=CCC=CCC=CCC=CCCCC(=O)NCCO. The number of aliphatic hydroxyl groups excluding tert-OH is 1. The minimum Gasteiger partial charge on any atom is -0.395 e. The third-order valence-electron chi connectivity index (χ3n) is 3.67. The van der Waals surface area contributed by atoms with Crippen molar-refractivity contribution in [2.24, 2.45) is 0 Å². The Hall–Kier alpha value is -1.61. The molecule has 0 unspecified atom stereocenters. The molecule has 0 radical (unpaired) electrons. The molecule has 0 aliphatic carbocycles. The van der Waals surface area contributed by atoms with E-state index in [9.17, 15) is 4.79 Å². The monoisotopic (exact) mass is 347 g/mol. The second kappa shape index (κ2) is 20.4. The normalized spacial score (nSPS) is 12.2. The summed E-state index contributed by atoms with van der Waals surface area (Å²) in [6.07, 6.45) is 28.0. The average molecular weight is 348 g/mol. The first-order valence-electron chi connectivity index (χ1n) is 9.78. The maximum atomic E-state index is 11.3. The average Bonchev–Trinajstić information content (AvgIpc) is 2.62. The predicted molar refractivity (Wildman–Crippen MR) is 108 cm³/mol. The van der Waals surface area contributed by atoms with Crippen molar-refractivity contribution in [1.29, 1.82) is 0 Å². The highest BCUT2D eigenvalue weighted by Gasteiger charge is 1.97. The van der Waals surface area contributed by atoms with Crippen LogP contribution in [0, 0.1) is 0 Å². The number of rotatable bonds is 16. The van der Waals surface area contributed by atoms with Crippen LogP contribution in [0.3, 0.4) is 0 Å². The maximum Gasteiger partial charge on any atom is 0.220 e. The molecular weight excluding hydrogens is 310 g/mol. The summed E-state index contributed by atoms with van der Waals surface area (Å²) < 4.78 is 0. The van der Waals surface area contributed by atoms with Gasteiger partial charge < -0.3 is 10.4 Å². The van der Waals surface area contributed by atoms with Crippen LogP contribution in [0.5, 0.6) is 0 Å². The molecule has 0 aromatic rings. The molecule has 0 aliphatic rings. The van der Waals surface area contributed by atoms with Gasteiger partial charge in [-0.1, -0.05) is 68.4 Å². The maximum absolute atomic E-state index is 11.3. The molecule has 0 fully saturated rings. The summed E-state index contributed by atoms with van der Waals surface area (Å²) in [5, 5.41) is 11.2. The molecular formula is C22H37NO2. The van der Waals surface area contributed by atoms with Crippen LogP contribution in [0.1, 0.15) is 71.1 Å². The molecule has 3 heteroatoms. The van der Waals surface area contributed by atoms with E-state index in [1.807, 2.05) is 0 Å². The van der Waals surface area contributed by atoms with E-state index in [-0.39, 0.29) is 12.5 Å². The van der Waals surface area contributed by atoms with Gasteiger partial charge in [-0.25, -0.2) is 0 Å². The number of carbonyl (C=O) groups excluding carboxylic acids is 1. The lowest BCUT2D eigenvalue weighted by atomic mass is 10.2. The van der Waals surface area contributed by atoms with E-state index in [4.69, 9.17) is 5.11 Å². The molecule has 0 spiro atoms. The van der Waals surface area contributed by atoms with E-state index < -0.39 is 0 Å². The fourth-order valence-electron chi connectivity index (χ4n) is 2.23. The van der Waals surface area contributed by atoms with Gasteiger partial charge in [0.15, 0.2) is 0 Å². The summed E-state index contributed by atoms with van der Waals surface area (Å²) in [6.45, 7) is 2.59. The molecule has 0 heterocycles. The molecule has 0 bridgehead atoms. The van der Waals surface area contributed by atoms with Crippen molar-refractivity contribution in [3.05, 3.63) is 48.6 Å². The van der Waals surface area contributed by atoms with Crippen molar-refractivity contribution < 1.29 is 9.90 Å². The van der Waals surface area contributed by atoms with Crippen LogP contribution in [-0.2, 0) is 4.79 Å². The Balaban J connectivity index is 3.44. The Morgan fingerprint density at radius 1 is 0.800 bits per heavy atom. The highest BCUT2D eigenvalue weighted by atomic mass is 16.3. The van der Waals surface area contributed by atoms with Crippen molar-refractivity contribution in [3.63, 3.8) is 0 Å². The molecule has 0 saturated carbocycles. The Morgan fingerprint density at radius 3 is 1.84 bits per heavy atom. The van der Waals surface area contributed by atoms with Crippen molar-refractivity contribution in [1.82, 2.24) is 5.32 Å². The van der Waals surface area contributed by atoms with Crippen molar-refractivity contribution >= 4 is 5.91 Å². The molecule has 0 saturated heterocycles. The molecule has 2 N–H and O–H groups in total. The summed E-state index contributed by atoms with van der Waals surface area (Å²) in [7, 11) is 0. The summed E-state index contributed by atoms with van der Waals surface area (Å²) in [6, 6.07) is 0. The lowest BCUT2D eigenvalue weighted by Crippen LogP contribution is -2.25. The Morgan fingerprint density at radius 2 is 1.32 bits per heavy atom. The van der Waals surface area contributed by atoms with E-state index >= 15 is 0 Å². The van der Waals surface area contributed by atoms with Gasteiger partial charge in [-0.15, -0.1) is 0 Å². The fraction of sp³-hybridized carbons (Fsp3) is 0.591. The minimum absolute atomic E-state index is 0.00289. The molecule has 25 heavy (non-hydrogen) atoms. The van der Waals surface area contributed by atoms with Crippen LogP contribution < -0.4 is 5.32 Å². The second-order valence-electron chi connectivity index (χ2n) is 6.05. The van der Waals surface area contributed by atoms with Crippen LogP contribution in [0.15, 0.2) is 48.6 Å². The van der Waals surface area contributed by atoms with Gasteiger partial charge in [-0.05, 0) is 44.9 Å². The largest absolute Gasteiger partial charge is 0.395 e. The predicted octanol–water partition coefficient (Wildman–Crippen LogP) is 5.24. The zero-order valence-electron chi connectivity index (χ0n) is 16.0. The van der Waals surface area contributed by atoms with Gasteiger partial charge in [-0.2, -0.15) is 0 Å².